The van der Waals surface area contributed by atoms with Crippen molar-refractivity contribution < 1.29 is 9.53 Å². The van der Waals surface area contributed by atoms with Gasteiger partial charge in [-0.15, -0.1) is 0 Å². The zero-order chi connectivity index (χ0) is 15.0. The summed E-state index contributed by atoms with van der Waals surface area (Å²) in [6.07, 6.45) is 6.09. The Labute approximate surface area is 130 Å². The molecule has 1 aromatic rings. The molecule has 114 valence electrons. The molecule has 1 aliphatic heterocycles. The number of ether oxygens (including phenoxy) is 1. The van der Waals surface area contributed by atoms with Crippen molar-refractivity contribution in [2.75, 3.05) is 5.32 Å². The van der Waals surface area contributed by atoms with Gasteiger partial charge in [0.1, 0.15) is 17.9 Å². The Balaban J connectivity index is 1.83. The molecule has 1 aromatic carbocycles. The van der Waals surface area contributed by atoms with Crippen LogP contribution in [0.5, 0.6) is 5.75 Å². The van der Waals surface area contributed by atoms with E-state index in [4.69, 9.17) is 22.1 Å². The van der Waals surface area contributed by atoms with Gasteiger partial charge in [-0.1, -0.05) is 24.9 Å². The molecule has 4 nitrogen and oxygen atoms in total. The second-order valence-corrected chi connectivity index (χ2v) is 6.35. The van der Waals surface area contributed by atoms with E-state index in [0.29, 0.717) is 16.7 Å². The molecular formula is C16H21ClN2O2. The first-order valence-corrected chi connectivity index (χ1v) is 8.04. The lowest BCUT2D eigenvalue weighted by Crippen LogP contribution is -2.30. The molecule has 2 aliphatic rings. The SMILES string of the molecule is CCC1CCCCC1Oc1cc2c(cc1Cl)C(N)C(=O)N2. The Hall–Kier alpha value is -1.26. The van der Waals surface area contributed by atoms with E-state index in [1.165, 1.54) is 19.3 Å². The Kier molecular flexibility index (Phi) is 4.09. The van der Waals surface area contributed by atoms with Gasteiger partial charge in [0.25, 0.3) is 0 Å². The molecule has 0 bridgehead atoms. The van der Waals surface area contributed by atoms with Crippen LogP contribution in [0.2, 0.25) is 5.02 Å². The molecule has 3 N–H and O–H groups in total. The van der Waals surface area contributed by atoms with Crippen molar-refractivity contribution in [3.05, 3.63) is 22.7 Å². The van der Waals surface area contributed by atoms with Crippen molar-refractivity contribution in [2.45, 2.75) is 51.2 Å². The third kappa shape index (κ3) is 2.74. The number of benzene rings is 1. The maximum atomic E-state index is 11.6. The summed E-state index contributed by atoms with van der Waals surface area (Å²) in [6.45, 7) is 2.20. The lowest BCUT2D eigenvalue weighted by atomic mass is 9.85. The number of nitrogens with two attached hydrogens (primary N) is 1. The van der Waals surface area contributed by atoms with Crippen molar-refractivity contribution in [3.8, 4) is 5.75 Å². The minimum absolute atomic E-state index is 0.192. The van der Waals surface area contributed by atoms with E-state index < -0.39 is 6.04 Å². The molecule has 0 spiro atoms. The molecule has 0 saturated heterocycles. The van der Waals surface area contributed by atoms with Crippen LogP contribution in [0.15, 0.2) is 12.1 Å². The van der Waals surface area contributed by atoms with Gasteiger partial charge in [0, 0.05) is 17.3 Å². The number of carbonyl (C=O) groups excluding carboxylic acids is 1. The molecule has 1 fully saturated rings. The number of hydrogen-bond donors (Lipinski definition) is 2. The average molecular weight is 309 g/mol. The number of amides is 1. The first kappa shape index (κ1) is 14.7. The fourth-order valence-electron chi connectivity index (χ4n) is 3.34. The lowest BCUT2D eigenvalue weighted by Gasteiger charge is -2.31. The monoisotopic (exact) mass is 308 g/mol. The molecule has 1 amide bonds. The van der Waals surface area contributed by atoms with Crippen LogP contribution >= 0.6 is 11.6 Å². The largest absolute Gasteiger partial charge is 0.489 e. The molecule has 0 aromatic heterocycles. The number of anilines is 1. The third-order valence-electron chi connectivity index (χ3n) is 4.62. The Bertz CT molecular complexity index is 561. The first-order chi connectivity index (χ1) is 10.1. The molecule has 3 atom stereocenters. The van der Waals surface area contributed by atoms with Gasteiger partial charge < -0.3 is 15.8 Å². The Morgan fingerprint density at radius 3 is 2.90 bits per heavy atom. The summed E-state index contributed by atoms with van der Waals surface area (Å²) in [5.74, 6) is 1.04. The van der Waals surface area contributed by atoms with E-state index in [2.05, 4.69) is 12.2 Å². The summed E-state index contributed by atoms with van der Waals surface area (Å²) in [7, 11) is 0. The second kappa shape index (κ2) is 5.85. The van der Waals surface area contributed by atoms with Gasteiger partial charge in [0.15, 0.2) is 0 Å². The molecule has 1 aliphatic carbocycles. The summed E-state index contributed by atoms with van der Waals surface area (Å²) in [6, 6.07) is 2.92. The smallest absolute Gasteiger partial charge is 0.245 e. The van der Waals surface area contributed by atoms with Crippen molar-refractivity contribution in [1.29, 1.82) is 0 Å². The minimum atomic E-state index is -0.635. The molecule has 1 saturated carbocycles. The van der Waals surface area contributed by atoms with Gasteiger partial charge in [0.2, 0.25) is 5.91 Å². The van der Waals surface area contributed by atoms with Crippen LogP contribution in [0.4, 0.5) is 5.69 Å². The van der Waals surface area contributed by atoms with Gasteiger partial charge in [-0.25, -0.2) is 0 Å². The van der Waals surface area contributed by atoms with Gasteiger partial charge in [-0.3, -0.25) is 4.79 Å². The number of hydrogen-bond acceptors (Lipinski definition) is 3. The van der Waals surface area contributed by atoms with Crippen LogP contribution in [-0.4, -0.2) is 12.0 Å². The second-order valence-electron chi connectivity index (χ2n) is 5.95. The van der Waals surface area contributed by atoms with Crippen molar-refractivity contribution in [3.63, 3.8) is 0 Å². The van der Waals surface area contributed by atoms with Gasteiger partial charge in [-0.2, -0.15) is 0 Å². The normalized spacial score (nSPS) is 28.1. The fraction of sp³-hybridized carbons (Fsp3) is 0.562. The highest BCUT2D eigenvalue weighted by Crippen LogP contribution is 2.40. The molecule has 21 heavy (non-hydrogen) atoms. The molecule has 0 radical (unpaired) electrons. The summed E-state index contributed by atoms with van der Waals surface area (Å²) in [5, 5.41) is 3.30. The quantitative estimate of drug-likeness (QED) is 0.896. The van der Waals surface area contributed by atoms with Crippen molar-refractivity contribution in [1.82, 2.24) is 0 Å². The minimum Gasteiger partial charge on any atom is -0.489 e. The maximum absolute atomic E-state index is 11.6. The highest BCUT2D eigenvalue weighted by atomic mass is 35.5. The van der Waals surface area contributed by atoms with Crippen LogP contribution in [0.3, 0.4) is 0 Å². The highest BCUT2D eigenvalue weighted by Gasteiger charge is 2.30. The van der Waals surface area contributed by atoms with E-state index in [0.717, 1.165) is 24.1 Å². The molecule has 3 unspecified atom stereocenters. The van der Waals surface area contributed by atoms with Gasteiger partial charge >= 0.3 is 0 Å². The third-order valence-corrected chi connectivity index (χ3v) is 4.92. The van der Waals surface area contributed by atoms with Crippen LogP contribution in [0.1, 0.15) is 50.6 Å². The molecular weight excluding hydrogens is 288 g/mol. The number of rotatable bonds is 3. The summed E-state index contributed by atoms with van der Waals surface area (Å²) in [4.78, 5) is 11.6. The summed E-state index contributed by atoms with van der Waals surface area (Å²) >= 11 is 6.31. The number of halogens is 1. The van der Waals surface area contributed by atoms with E-state index in [1.54, 1.807) is 6.07 Å². The van der Waals surface area contributed by atoms with E-state index in [9.17, 15) is 4.79 Å². The van der Waals surface area contributed by atoms with Crippen molar-refractivity contribution >= 4 is 23.2 Å². The number of nitrogens with one attached hydrogen (secondary N) is 1. The first-order valence-electron chi connectivity index (χ1n) is 7.66. The standard InChI is InChI=1S/C16H21ClN2O2/c1-2-9-5-3-4-6-13(9)21-14-8-12-10(7-11(14)17)15(18)16(20)19-12/h7-9,13,15H,2-6,18H2,1H3,(H,19,20). The van der Waals surface area contributed by atoms with Crippen LogP contribution in [-0.2, 0) is 4.79 Å². The zero-order valence-corrected chi connectivity index (χ0v) is 13.0. The average Bonchev–Trinajstić information content (AvgIpc) is 2.75. The van der Waals surface area contributed by atoms with E-state index >= 15 is 0 Å². The zero-order valence-electron chi connectivity index (χ0n) is 12.2. The van der Waals surface area contributed by atoms with Crippen molar-refractivity contribution in [2.24, 2.45) is 11.7 Å². The number of carbonyl (C=O) groups is 1. The fourth-order valence-corrected chi connectivity index (χ4v) is 3.55. The summed E-state index contributed by atoms with van der Waals surface area (Å²) < 4.78 is 6.16. The Morgan fingerprint density at radius 2 is 2.14 bits per heavy atom. The van der Waals surface area contributed by atoms with Crippen LogP contribution in [0.25, 0.3) is 0 Å². The van der Waals surface area contributed by atoms with Crippen LogP contribution < -0.4 is 15.8 Å². The topological polar surface area (TPSA) is 64.3 Å². The lowest BCUT2D eigenvalue weighted by molar-refractivity contribution is -0.116. The predicted molar refractivity (Wildman–Crippen MR) is 83.7 cm³/mol. The molecule has 1 heterocycles. The predicted octanol–water partition coefficient (Wildman–Crippen LogP) is 3.64. The highest BCUT2D eigenvalue weighted by molar-refractivity contribution is 6.32. The Morgan fingerprint density at radius 1 is 1.38 bits per heavy atom. The van der Waals surface area contributed by atoms with Gasteiger partial charge in [0.05, 0.1) is 5.02 Å². The van der Waals surface area contributed by atoms with Crippen LogP contribution in [0, 0.1) is 5.92 Å². The van der Waals surface area contributed by atoms with E-state index in [1.807, 2.05) is 6.07 Å². The van der Waals surface area contributed by atoms with E-state index in [-0.39, 0.29) is 12.0 Å². The maximum Gasteiger partial charge on any atom is 0.245 e. The molecule has 5 heteroatoms. The van der Waals surface area contributed by atoms with Gasteiger partial charge in [-0.05, 0) is 37.7 Å². The summed E-state index contributed by atoms with van der Waals surface area (Å²) in [5.41, 5.74) is 7.29. The molecule has 3 rings (SSSR count). The number of fused-ring (bicyclic) bond motifs is 1.